The lowest BCUT2D eigenvalue weighted by Crippen LogP contribution is -2.41. The molecular weight excluding hydrogens is 238 g/mol. The monoisotopic (exact) mass is 263 g/mol. The van der Waals surface area contributed by atoms with Crippen molar-refractivity contribution in [2.75, 3.05) is 20.1 Å². The summed E-state index contributed by atoms with van der Waals surface area (Å²) >= 11 is 0. The van der Waals surface area contributed by atoms with Crippen LogP contribution in [0.5, 0.6) is 0 Å². The standard InChI is InChI=1S/C15H25N3O/c1-11(2)17-15(19)10-18(4)14(9-16)13-7-5-6-12(3)8-13/h5-8,11,14H,9-10,16H2,1-4H3,(H,17,19). The van der Waals surface area contributed by atoms with E-state index in [-0.39, 0.29) is 18.0 Å². The number of hydrogen-bond acceptors (Lipinski definition) is 3. The van der Waals surface area contributed by atoms with Crippen LogP contribution in [0.15, 0.2) is 24.3 Å². The van der Waals surface area contributed by atoms with E-state index in [0.717, 1.165) is 5.56 Å². The van der Waals surface area contributed by atoms with E-state index >= 15 is 0 Å². The average Bonchev–Trinajstić information content (AvgIpc) is 2.28. The highest BCUT2D eigenvalue weighted by Gasteiger charge is 2.18. The van der Waals surface area contributed by atoms with Crippen LogP contribution in [-0.4, -0.2) is 37.0 Å². The molecule has 0 aromatic heterocycles. The Morgan fingerprint density at radius 3 is 2.63 bits per heavy atom. The molecule has 0 aliphatic heterocycles. The van der Waals surface area contributed by atoms with Crippen molar-refractivity contribution in [1.29, 1.82) is 0 Å². The third kappa shape index (κ3) is 5.01. The van der Waals surface area contributed by atoms with Gasteiger partial charge in [-0.25, -0.2) is 0 Å². The Bertz CT molecular complexity index is 418. The zero-order chi connectivity index (χ0) is 14.4. The number of amides is 1. The van der Waals surface area contributed by atoms with Gasteiger partial charge in [-0.05, 0) is 33.4 Å². The number of carbonyl (C=O) groups is 1. The van der Waals surface area contributed by atoms with Crippen LogP contribution < -0.4 is 11.1 Å². The van der Waals surface area contributed by atoms with Gasteiger partial charge in [-0.3, -0.25) is 9.69 Å². The number of benzene rings is 1. The Morgan fingerprint density at radius 1 is 1.42 bits per heavy atom. The van der Waals surface area contributed by atoms with Crippen LogP contribution in [0.2, 0.25) is 0 Å². The molecule has 0 fully saturated rings. The number of carbonyl (C=O) groups excluding carboxylic acids is 1. The first-order chi connectivity index (χ1) is 8.93. The molecule has 1 amide bonds. The molecule has 1 aromatic carbocycles. The second-order valence-electron chi connectivity index (χ2n) is 5.30. The maximum absolute atomic E-state index is 11.8. The van der Waals surface area contributed by atoms with Gasteiger partial charge in [0.25, 0.3) is 0 Å². The SMILES string of the molecule is Cc1cccc(C(CN)N(C)CC(=O)NC(C)C)c1. The third-order valence-electron chi connectivity index (χ3n) is 3.02. The molecule has 0 radical (unpaired) electrons. The zero-order valence-electron chi connectivity index (χ0n) is 12.3. The maximum atomic E-state index is 11.8. The van der Waals surface area contributed by atoms with E-state index in [4.69, 9.17) is 5.73 Å². The molecule has 0 spiro atoms. The fourth-order valence-electron chi connectivity index (χ4n) is 2.15. The van der Waals surface area contributed by atoms with Crippen molar-refractivity contribution in [1.82, 2.24) is 10.2 Å². The average molecular weight is 263 g/mol. The molecule has 0 saturated carbocycles. The van der Waals surface area contributed by atoms with Crippen molar-refractivity contribution >= 4 is 5.91 Å². The number of rotatable bonds is 6. The molecule has 0 aliphatic carbocycles. The summed E-state index contributed by atoms with van der Waals surface area (Å²) in [6.07, 6.45) is 0. The smallest absolute Gasteiger partial charge is 0.234 e. The van der Waals surface area contributed by atoms with Crippen molar-refractivity contribution in [3.05, 3.63) is 35.4 Å². The Balaban J connectivity index is 2.71. The predicted octanol–water partition coefficient (Wildman–Crippen LogP) is 1.45. The fraction of sp³-hybridized carbons (Fsp3) is 0.533. The summed E-state index contributed by atoms with van der Waals surface area (Å²) < 4.78 is 0. The summed E-state index contributed by atoms with van der Waals surface area (Å²) in [6, 6.07) is 8.49. The van der Waals surface area contributed by atoms with Crippen LogP contribution in [0.3, 0.4) is 0 Å². The molecule has 4 nitrogen and oxygen atoms in total. The molecule has 1 atom stereocenters. The lowest BCUT2D eigenvalue weighted by molar-refractivity contribution is -0.122. The predicted molar refractivity (Wildman–Crippen MR) is 78.9 cm³/mol. The molecule has 0 aliphatic rings. The molecule has 0 heterocycles. The lowest BCUT2D eigenvalue weighted by Gasteiger charge is -2.27. The van der Waals surface area contributed by atoms with E-state index in [1.807, 2.05) is 31.9 Å². The Labute approximate surface area is 116 Å². The molecule has 1 rings (SSSR count). The number of hydrogen-bond donors (Lipinski definition) is 2. The van der Waals surface area contributed by atoms with E-state index in [9.17, 15) is 4.79 Å². The van der Waals surface area contributed by atoms with Crippen molar-refractivity contribution in [2.24, 2.45) is 5.73 Å². The minimum Gasteiger partial charge on any atom is -0.353 e. The summed E-state index contributed by atoms with van der Waals surface area (Å²) in [4.78, 5) is 13.8. The van der Waals surface area contributed by atoms with Crippen LogP contribution in [0.25, 0.3) is 0 Å². The Kier molecular flexibility index (Phi) is 5.99. The summed E-state index contributed by atoms with van der Waals surface area (Å²) in [7, 11) is 1.93. The summed E-state index contributed by atoms with van der Waals surface area (Å²) in [5.41, 5.74) is 8.22. The van der Waals surface area contributed by atoms with E-state index in [0.29, 0.717) is 13.1 Å². The number of nitrogens with zero attached hydrogens (tertiary/aromatic N) is 1. The number of nitrogens with two attached hydrogens (primary N) is 1. The van der Waals surface area contributed by atoms with E-state index in [2.05, 4.69) is 30.4 Å². The third-order valence-corrected chi connectivity index (χ3v) is 3.02. The first-order valence-electron chi connectivity index (χ1n) is 6.70. The summed E-state index contributed by atoms with van der Waals surface area (Å²) in [6.45, 7) is 6.82. The zero-order valence-corrected chi connectivity index (χ0v) is 12.3. The second-order valence-corrected chi connectivity index (χ2v) is 5.30. The molecule has 106 valence electrons. The van der Waals surface area contributed by atoms with Crippen LogP contribution in [-0.2, 0) is 4.79 Å². The molecule has 0 bridgehead atoms. The molecule has 1 aromatic rings. The molecular formula is C15H25N3O. The summed E-state index contributed by atoms with van der Waals surface area (Å²) in [5, 5.41) is 2.89. The highest BCUT2D eigenvalue weighted by atomic mass is 16.2. The second kappa shape index (κ2) is 7.26. The summed E-state index contributed by atoms with van der Waals surface area (Å²) in [5.74, 6) is 0.0311. The Morgan fingerprint density at radius 2 is 2.11 bits per heavy atom. The molecule has 0 saturated heterocycles. The maximum Gasteiger partial charge on any atom is 0.234 e. The van der Waals surface area contributed by atoms with Crippen LogP contribution >= 0.6 is 0 Å². The molecule has 19 heavy (non-hydrogen) atoms. The molecule has 1 unspecified atom stereocenters. The normalized spacial score (nSPS) is 12.8. The van der Waals surface area contributed by atoms with Gasteiger partial charge in [0.15, 0.2) is 0 Å². The van der Waals surface area contributed by atoms with Crippen molar-refractivity contribution < 1.29 is 4.79 Å². The van der Waals surface area contributed by atoms with Crippen LogP contribution in [0.4, 0.5) is 0 Å². The van der Waals surface area contributed by atoms with Gasteiger partial charge in [0.1, 0.15) is 0 Å². The van der Waals surface area contributed by atoms with Crippen molar-refractivity contribution in [3.63, 3.8) is 0 Å². The topological polar surface area (TPSA) is 58.4 Å². The highest BCUT2D eigenvalue weighted by Crippen LogP contribution is 2.18. The van der Waals surface area contributed by atoms with Gasteiger partial charge in [0.05, 0.1) is 6.54 Å². The fourth-order valence-corrected chi connectivity index (χ4v) is 2.15. The van der Waals surface area contributed by atoms with Gasteiger partial charge >= 0.3 is 0 Å². The number of nitrogens with one attached hydrogen (secondary N) is 1. The minimum atomic E-state index is 0.0311. The van der Waals surface area contributed by atoms with E-state index < -0.39 is 0 Å². The Hall–Kier alpha value is -1.39. The highest BCUT2D eigenvalue weighted by molar-refractivity contribution is 5.78. The first kappa shape index (κ1) is 15.7. The van der Waals surface area contributed by atoms with Gasteiger partial charge in [0.2, 0.25) is 5.91 Å². The van der Waals surface area contributed by atoms with Crippen molar-refractivity contribution in [3.8, 4) is 0 Å². The van der Waals surface area contributed by atoms with Crippen molar-refractivity contribution in [2.45, 2.75) is 32.9 Å². The van der Waals surface area contributed by atoms with Crippen LogP contribution in [0, 0.1) is 6.92 Å². The van der Waals surface area contributed by atoms with Gasteiger partial charge < -0.3 is 11.1 Å². The van der Waals surface area contributed by atoms with Gasteiger partial charge in [-0.2, -0.15) is 0 Å². The van der Waals surface area contributed by atoms with Gasteiger partial charge in [-0.15, -0.1) is 0 Å². The van der Waals surface area contributed by atoms with Gasteiger partial charge in [0, 0.05) is 18.6 Å². The number of aryl methyl sites for hydroxylation is 1. The van der Waals surface area contributed by atoms with Gasteiger partial charge in [-0.1, -0.05) is 29.8 Å². The van der Waals surface area contributed by atoms with Crippen LogP contribution in [0.1, 0.15) is 31.0 Å². The van der Waals surface area contributed by atoms with E-state index in [1.54, 1.807) is 0 Å². The first-order valence-corrected chi connectivity index (χ1v) is 6.70. The molecule has 4 heteroatoms. The molecule has 3 N–H and O–H groups in total. The largest absolute Gasteiger partial charge is 0.353 e. The quantitative estimate of drug-likeness (QED) is 0.817. The number of likely N-dealkylation sites (N-methyl/N-ethyl adjacent to an activating group) is 1. The minimum absolute atomic E-state index is 0.0311. The van der Waals surface area contributed by atoms with E-state index in [1.165, 1.54) is 5.56 Å². The lowest BCUT2D eigenvalue weighted by atomic mass is 10.0.